The van der Waals surface area contributed by atoms with Crippen LogP contribution in [-0.4, -0.2) is 59.3 Å². The monoisotopic (exact) mass is 397 g/mol. The molecule has 0 aromatic carbocycles. The van der Waals surface area contributed by atoms with Crippen LogP contribution in [-0.2, 0) is 25.5 Å². The maximum atomic E-state index is 12.8. The lowest BCUT2D eigenvalue weighted by Gasteiger charge is -2.24. The molecule has 0 fully saturated rings. The molecular formula is C18H31N5O5. The van der Waals surface area contributed by atoms with Crippen molar-refractivity contribution in [3.63, 3.8) is 0 Å². The van der Waals surface area contributed by atoms with Gasteiger partial charge in [-0.3, -0.25) is 4.79 Å². The molecule has 0 saturated carbocycles. The molecule has 0 aliphatic heterocycles. The predicted octanol–water partition coefficient (Wildman–Crippen LogP) is 0.632. The number of H-pyrrole nitrogens is 1. The third kappa shape index (κ3) is 8.85. The molecule has 2 amide bonds. The minimum atomic E-state index is -0.921. The lowest BCUT2D eigenvalue weighted by Crippen LogP contribution is -2.53. The van der Waals surface area contributed by atoms with Crippen LogP contribution in [0.25, 0.3) is 0 Å². The van der Waals surface area contributed by atoms with Gasteiger partial charge in [-0.25, -0.2) is 14.6 Å². The second-order valence-corrected chi connectivity index (χ2v) is 7.35. The fraction of sp³-hybridized carbons (Fsp3) is 0.667. The number of methoxy groups -OCH3 is 1. The van der Waals surface area contributed by atoms with Gasteiger partial charge in [-0.2, -0.15) is 0 Å². The van der Waals surface area contributed by atoms with E-state index >= 15 is 0 Å². The molecule has 28 heavy (non-hydrogen) atoms. The summed E-state index contributed by atoms with van der Waals surface area (Å²) in [7, 11) is 1.24. The Balaban J connectivity index is 2.82. The van der Waals surface area contributed by atoms with Crippen LogP contribution in [0.2, 0.25) is 0 Å². The van der Waals surface area contributed by atoms with E-state index in [1.165, 1.54) is 13.4 Å². The topological polar surface area (TPSA) is 148 Å². The van der Waals surface area contributed by atoms with Gasteiger partial charge in [-0.1, -0.05) is 0 Å². The number of imidazole rings is 1. The third-order valence-corrected chi connectivity index (χ3v) is 3.74. The highest BCUT2D eigenvalue weighted by Crippen LogP contribution is 2.09. The van der Waals surface area contributed by atoms with Crippen LogP contribution in [0.1, 0.15) is 45.7 Å². The van der Waals surface area contributed by atoms with E-state index in [1.807, 2.05) is 0 Å². The first-order valence-corrected chi connectivity index (χ1v) is 9.21. The predicted molar refractivity (Wildman–Crippen MR) is 102 cm³/mol. The first kappa shape index (κ1) is 23.4. The molecule has 1 rings (SSSR count). The minimum absolute atomic E-state index is 0.181. The molecule has 0 aliphatic rings. The van der Waals surface area contributed by atoms with Crippen molar-refractivity contribution in [1.29, 1.82) is 0 Å². The largest absolute Gasteiger partial charge is 0.467 e. The number of nitrogens with one attached hydrogen (secondary N) is 3. The number of alkyl carbamates (subject to hydrolysis) is 1. The first-order valence-electron chi connectivity index (χ1n) is 9.21. The normalized spacial score (nSPS) is 13.3. The molecule has 0 spiro atoms. The van der Waals surface area contributed by atoms with Crippen molar-refractivity contribution in [1.82, 2.24) is 20.6 Å². The summed E-state index contributed by atoms with van der Waals surface area (Å²) in [5.41, 5.74) is 5.47. The Morgan fingerprint density at radius 1 is 1.21 bits per heavy atom. The summed E-state index contributed by atoms with van der Waals surface area (Å²) in [6, 6.07) is -1.79. The number of hydrogen-bond acceptors (Lipinski definition) is 7. The van der Waals surface area contributed by atoms with Crippen molar-refractivity contribution in [2.75, 3.05) is 13.7 Å². The first-order chi connectivity index (χ1) is 13.2. The number of aromatic amines is 1. The second-order valence-electron chi connectivity index (χ2n) is 7.35. The van der Waals surface area contributed by atoms with Crippen molar-refractivity contribution in [3.05, 3.63) is 18.2 Å². The maximum Gasteiger partial charge on any atom is 0.408 e. The van der Waals surface area contributed by atoms with E-state index in [0.29, 0.717) is 31.5 Å². The quantitative estimate of drug-likeness (QED) is 0.334. The number of aromatic nitrogens is 2. The van der Waals surface area contributed by atoms with Gasteiger partial charge < -0.3 is 30.8 Å². The maximum absolute atomic E-state index is 12.8. The molecule has 1 aromatic heterocycles. The van der Waals surface area contributed by atoms with Gasteiger partial charge in [0.1, 0.15) is 17.7 Å². The highest BCUT2D eigenvalue weighted by molar-refractivity contribution is 5.89. The Bertz CT molecular complexity index is 627. The van der Waals surface area contributed by atoms with E-state index in [4.69, 9.17) is 15.2 Å². The van der Waals surface area contributed by atoms with E-state index in [9.17, 15) is 14.4 Å². The Hall–Kier alpha value is -2.62. The molecule has 0 saturated heterocycles. The highest BCUT2D eigenvalue weighted by atomic mass is 16.6. The summed E-state index contributed by atoms with van der Waals surface area (Å²) < 4.78 is 9.99. The number of nitrogens with two attached hydrogens (primary N) is 1. The van der Waals surface area contributed by atoms with Gasteiger partial charge in [0.2, 0.25) is 5.91 Å². The highest BCUT2D eigenvalue weighted by Gasteiger charge is 2.29. The second kappa shape index (κ2) is 11.3. The molecule has 0 bridgehead atoms. The Labute approximate surface area is 164 Å². The van der Waals surface area contributed by atoms with Crippen LogP contribution < -0.4 is 16.4 Å². The zero-order valence-corrected chi connectivity index (χ0v) is 16.9. The van der Waals surface area contributed by atoms with Crippen LogP contribution in [0.5, 0.6) is 0 Å². The van der Waals surface area contributed by atoms with E-state index in [0.717, 1.165) is 0 Å². The fourth-order valence-corrected chi connectivity index (χ4v) is 2.44. The number of hydrogen-bond donors (Lipinski definition) is 4. The SMILES string of the molecule is COC(=O)[C@H](Cc1cnc[nH]1)NC(=O)[C@H](CCCCN)NC(=O)OC(C)(C)C. The van der Waals surface area contributed by atoms with E-state index in [1.54, 1.807) is 27.0 Å². The van der Waals surface area contributed by atoms with Gasteiger partial charge in [-0.15, -0.1) is 0 Å². The van der Waals surface area contributed by atoms with E-state index < -0.39 is 35.7 Å². The molecule has 1 aromatic rings. The van der Waals surface area contributed by atoms with Crippen molar-refractivity contribution < 1.29 is 23.9 Å². The summed E-state index contributed by atoms with van der Waals surface area (Å²) in [6.45, 7) is 5.67. The number of amides is 2. The lowest BCUT2D eigenvalue weighted by molar-refractivity contribution is -0.145. The van der Waals surface area contributed by atoms with Crippen molar-refractivity contribution >= 4 is 18.0 Å². The van der Waals surface area contributed by atoms with Crippen LogP contribution in [0.15, 0.2) is 12.5 Å². The van der Waals surface area contributed by atoms with Crippen LogP contribution >= 0.6 is 0 Å². The van der Waals surface area contributed by atoms with Gasteiger partial charge >= 0.3 is 12.1 Å². The molecule has 0 radical (unpaired) electrons. The third-order valence-electron chi connectivity index (χ3n) is 3.74. The van der Waals surface area contributed by atoms with E-state index in [2.05, 4.69) is 20.6 Å². The van der Waals surface area contributed by atoms with Crippen LogP contribution in [0.3, 0.4) is 0 Å². The molecular weight excluding hydrogens is 366 g/mol. The number of esters is 1. The summed E-state index contributed by atoms with van der Waals surface area (Å²) in [6.07, 6.45) is 4.21. The Morgan fingerprint density at radius 3 is 2.46 bits per heavy atom. The molecule has 0 aliphatic carbocycles. The van der Waals surface area contributed by atoms with Crippen LogP contribution in [0, 0.1) is 0 Å². The molecule has 158 valence electrons. The Kier molecular flexibility index (Phi) is 9.43. The molecule has 5 N–H and O–H groups in total. The fourth-order valence-electron chi connectivity index (χ4n) is 2.44. The number of ether oxygens (including phenoxy) is 2. The van der Waals surface area contributed by atoms with Gasteiger partial charge in [0.05, 0.1) is 13.4 Å². The number of nitrogens with zero attached hydrogens (tertiary/aromatic N) is 1. The minimum Gasteiger partial charge on any atom is -0.467 e. The summed E-state index contributed by atoms with van der Waals surface area (Å²) >= 11 is 0. The van der Waals surface area contributed by atoms with Gasteiger partial charge in [-0.05, 0) is 46.6 Å². The molecule has 10 heteroatoms. The smallest absolute Gasteiger partial charge is 0.408 e. The number of rotatable bonds is 10. The summed E-state index contributed by atoms with van der Waals surface area (Å²) in [5.74, 6) is -1.10. The van der Waals surface area contributed by atoms with Gasteiger partial charge in [0, 0.05) is 18.3 Å². The van der Waals surface area contributed by atoms with E-state index in [-0.39, 0.29) is 6.42 Å². The molecule has 0 unspecified atom stereocenters. The number of unbranched alkanes of at least 4 members (excludes halogenated alkanes) is 1. The average molecular weight is 397 g/mol. The Morgan fingerprint density at radius 2 is 1.93 bits per heavy atom. The number of carbonyl (C=O) groups is 3. The van der Waals surface area contributed by atoms with Crippen LogP contribution in [0.4, 0.5) is 4.79 Å². The van der Waals surface area contributed by atoms with Crippen molar-refractivity contribution in [2.24, 2.45) is 5.73 Å². The van der Waals surface area contributed by atoms with Gasteiger partial charge in [0.15, 0.2) is 0 Å². The summed E-state index contributed by atoms with van der Waals surface area (Å²) in [4.78, 5) is 43.7. The average Bonchev–Trinajstić information content (AvgIpc) is 3.11. The molecule has 10 nitrogen and oxygen atoms in total. The molecule has 1 heterocycles. The number of carbonyl (C=O) groups excluding carboxylic acids is 3. The summed E-state index contributed by atoms with van der Waals surface area (Å²) in [5, 5.41) is 5.21. The molecule has 2 atom stereocenters. The standard InChI is InChI=1S/C18H31N5O5/c1-18(2,3)28-17(26)23-13(7-5-6-8-19)15(24)22-14(16(25)27-4)9-12-10-20-11-21-12/h10-11,13-14H,5-9,19H2,1-4H3,(H,20,21)(H,22,24)(H,23,26)/t13-,14-/m0/s1. The van der Waals surface area contributed by atoms with Gasteiger partial charge in [0.25, 0.3) is 0 Å². The zero-order chi connectivity index (χ0) is 21.2. The lowest BCUT2D eigenvalue weighted by atomic mass is 10.1. The van der Waals surface area contributed by atoms with Crippen molar-refractivity contribution in [2.45, 2.75) is 64.1 Å². The van der Waals surface area contributed by atoms with Crippen molar-refractivity contribution in [3.8, 4) is 0 Å². The zero-order valence-electron chi connectivity index (χ0n) is 16.9.